The van der Waals surface area contributed by atoms with Gasteiger partial charge in [0.2, 0.25) is 0 Å². The topological polar surface area (TPSA) is 133 Å². The van der Waals surface area contributed by atoms with Crippen LogP contribution >= 0.6 is 0 Å². The van der Waals surface area contributed by atoms with Crippen LogP contribution in [0.15, 0.2) is 24.5 Å². The standard InChI is InChI=1S/C19H25NO9/c1-9-17(22)15(8-16(21)28-9)29-19(24)11-6-13(26-4)14(27-5)7-12(11)20-18(23)10(2)25-3/h6-7,9,15-17,21-22H,2,8H2,1,3-5H3,(H,20,23). The second kappa shape index (κ2) is 9.59. The first kappa shape index (κ1) is 22.5. The smallest absolute Gasteiger partial charge is 0.340 e. The van der Waals surface area contributed by atoms with Crippen LogP contribution in [-0.2, 0) is 19.0 Å². The summed E-state index contributed by atoms with van der Waals surface area (Å²) in [6, 6.07) is 2.71. The van der Waals surface area contributed by atoms with Crippen LogP contribution in [0.3, 0.4) is 0 Å². The molecule has 10 heteroatoms. The van der Waals surface area contributed by atoms with Crippen molar-refractivity contribution in [3.8, 4) is 11.5 Å². The molecule has 1 saturated heterocycles. The van der Waals surface area contributed by atoms with Gasteiger partial charge in [0, 0.05) is 18.6 Å². The molecule has 0 spiro atoms. The van der Waals surface area contributed by atoms with E-state index < -0.39 is 36.5 Å². The summed E-state index contributed by atoms with van der Waals surface area (Å²) in [5.41, 5.74) is 0.00624. The maximum absolute atomic E-state index is 12.8. The van der Waals surface area contributed by atoms with Gasteiger partial charge in [0.25, 0.3) is 5.91 Å². The summed E-state index contributed by atoms with van der Waals surface area (Å²) in [6.07, 6.45) is -4.15. The average molecular weight is 411 g/mol. The van der Waals surface area contributed by atoms with Crippen LogP contribution in [0, 0.1) is 0 Å². The normalized spacial score (nSPS) is 23.7. The van der Waals surface area contributed by atoms with Crippen LogP contribution in [0.1, 0.15) is 23.7 Å². The minimum absolute atomic E-state index is 0.0549. The summed E-state index contributed by atoms with van der Waals surface area (Å²) in [7, 11) is 4.07. The Morgan fingerprint density at radius 1 is 1.17 bits per heavy atom. The monoisotopic (exact) mass is 411 g/mol. The highest BCUT2D eigenvalue weighted by molar-refractivity contribution is 6.07. The lowest BCUT2D eigenvalue weighted by Crippen LogP contribution is -2.48. The van der Waals surface area contributed by atoms with E-state index in [1.54, 1.807) is 6.92 Å². The van der Waals surface area contributed by atoms with Crippen molar-refractivity contribution < 1.29 is 43.5 Å². The summed E-state index contributed by atoms with van der Waals surface area (Å²) in [5, 5.41) is 22.4. The third-order valence-corrected chi connectivity index (χ3v) is 4.42. The van der Waals surface area contributed by atoms with Gasteiger partial charge in [-0.25, -0.2) is 4.79 Å². The number of carbonyl (C=O) groups excluding carboxylic acids is 2. The van der Waals surface area contributed by atoms with Gasteiger partial charge in [-0.2, -0.15) is 0 Å². The summed E-state index contributed by atoms with van der Waals surface area (Å²) < 4.78 is 25.7. The molecule has 4 unspecified atom stereocenters. The number of rotatable bonds is 7. The number of esters is 1. The summed E-state index contributed by atoms with van der Waals surface area (Å²) in [6.45, 7) is 5.01. The van der Waals surface area contributed by atoms with Gasteiger partial charge in [0.1, 0.15) is 12.2 Å². The van der Waals surface area contributed by atoms with Crippen molar-refractivity contribution in [2.45, 2.75) is 37.9 Å². The zero-order valence-electron chi connectivity index (χ0n) is 16.6. The van der Waals surface area contributed by atoms with Crippen LogP contribution in [0.5, 0.6) is 11.5 Å². The van der Waals surface area contributed by atoms with Crippen molar-refractivity contribution in [2.75, 3.05) is 26.6 Å². The number of hydrogen-bond acceptors (Lipinski definition) is 9. The minimum Gasteiger partial charge on any atom is -0.493 e. The van der Waals surface area contributed by atoms with E-state index in [0.29, 0.717) is 0 Å². The van der Waals surface area contributed by atoms with Crippen molar-refractivity contribution in [3.05, 3.63) is 30.0 Å². The van der Waals surface area contributed by atoms with Gasteiger partial charge in [-0.05, 0) is 6.92 Å². The van der Waals surface area contributed by atoms with Gasteiger partial charge in [-0.1, -0.05) is 6.58 Å². The molecule has 4 atom stereocenters. The highest BCUT2D eigenvalue weighted by Gasteiger charge is 2.37. The van der Waals surface area contributed by atoms with E-state index in [9.17, 15) is 19.8 Å². The molecule has 0 bridgehead atoms. The first-order valence-corrected chi connectivity index (χ1v) is 8.74. The van der Waals surface area contributed by atoms with Crippen LogP contribution in [0.25, 0.3) is 0 Å². The predicted octanol–water partition coefficient (Wildman–Crippen LogP) is 0.816. The number of carbonyl (C=O) groups is 2. The lowest BCUT2D eigenvalue weighted by atomic mass is 10.0. The highest BCUT2D eigenvalue weighted by atomic mass is 16.6. The minimum atomic E-state index is -1.18. The first-order valence-electron chi connectivity index (χ1n) is 8.74. The van der Waals surface area contributed by atoms with E-state index in [2.05, 4.69) is 11.9 Å². The third-order valence-electron chi connectivity index (χ3n) is 4.42. The second-order valence-corrected chi connectivity index (χ2v) is 6.30. The SMILES string of the molecule is C=C(OC)C(=O)Nc1cc(OC)c(OC)cc1C(=O)OC1CC(O)OC(C)C1O. The van der Waals surface area contributed by atoms with Crippen molar-refractivity contribution in [1.82, 2.24) is 0 Å². The predicted molar refractivity (Wildman–Crippen MR) is 101 cm³/mol. The van der Waals surface area contributed by atoms with Crippen molar-refractivity contribution >= 4 is 17.6 Å². The van der Waals surface area contributed by atoms with Gasteiger partial charge in [-0.15, -0.1) is 0 Å². The molecule has 0 saturated carbocycles. The van der Waals surface area contributed by atoms with Crippen LogP contribution in [0.2, 0.25) is 0 Å². The molecule has 1 heterocycles. The molecule has 2 rings (SSSR count). The highest BCUT2D eigenvalue weighted by Crippen LogP contribution is 2.34. The molecule has 1 aliphatic rings. The van der Waals surface area contributed by atoms with E-state index in [1.807, 2.05) is 0 Å². The Hall–Kier alpha value is -2.82. The van der Waals surface area contributed by atoms with Crippen molar-refractivity contribution in [1.29, 1.82) is 0 Å². The summed E-state index contributed by atoms with van der Waals surface area (Å²) in [4.78, 5) is 25.0. The molecular formula is C19H25NO9. The van der Waals surface area contributed by atoms with Crippen molar-refractivity contribution in [3.63, 3.8) is 0 Å². The molecule has 29 heavy (non-hydrogen) atoms. The van der Waals surface area contributed by atoms with Gasteiger partial charge >= 0.3 is 5.97 Å². The molecule has 0 aliphatic carbocycles. The number of aliphatic hydroxyl groups excluding tert-OH is 2. The quantitative estimate of drug-likeness (QED) is 0.339. The fourth-order valence-corrected chi connectivity index (χ4v) is 2.78. The number of hydrogen-bond donors (Lipinski definition) is 3. The van der Waals surface area contributed by atoms with Crippen LogP contribution < -0.4 is 14.8 Å². The van der Waals surface area contributed by atoms with Crippen LogP contribution in [0.4, 0.5) is 5.69 Å². The van der Waals surface area contributed by atoms with Crippen LogP contribution in [-0.4, -0.2) is 68.0 Å². The number of methoxy groups -OCH3 is 3. The first-order chi connectivity index (χ1) is 13.7. The van der Waals surface area contributed by atoms with Crippen molar-refractivity contribution in [2.24, 2.45) is 0 Å². The number of ether oxygens (including phenoxy) is 5. The third kappa shape index (κ3) is 5.17. The lowest BCUT2D eigenvalue weighted by molar-refractivity contribution is -0.226. The Kier molecular flexibility index (Phi) is 7.43. The Bertz CT molecular complexity index is 779. The average Bonchev–Trinajstić information content (AvgIpc) is 2.70. The molecule has 1 amide bonds. The molecule has 1 aliphatic heterocycles. The molecule has 1 fully saturated rings. The van der Waals surface area contributed by atoms with Gasteiger partial charge < -0.3 is 39.2 Å². The number of amides is 1. The van der Waals surface area contributed by atoms with E-state index >= 15 is 0 Å². The maximum atomic E-state index is 12.8. The number of benzene rings is 1. The number of anilines is 1. The van der Waals surface area contributed by atoms with E-state index in [4.69, 9.17) is 23.7 Å². The Morgan fingerprint density at radius 3 is 2.38 bits per heavy atom. The largest absolute Gasteiger partial charge is 0.493 e. The molecular weight excluding hydrogens is 386 g/mol. The zero-order valence-corrected chi connectivity index (χ0v) is 16.6. The van der Waals surface area contributed by atoms with Gasteiger partial charge in [-0.3, -0.25) is 4.79 Å². The second-order valence-electron chi connectivity index (χ2n) is 6.30. The molecule has 1 aromatic rings. The summed E-state index contributed by atoms with van der Waals surface area (Å²) in [5.74, 6) is -1.21. The van der Waals surface area contributed by atoms with Gasteiger partial charge in [0.15, 0.2) is 23.5 Å². The van der Waals surface area contributed by atoms with E-state index in [0.717, 1.165) is 0 Å². The Morgan fingerprint density at radius 2 is 1.79 bits per heavy atom. The molecule has 160 valence electrons. The summed E-state index contributed by atoms with van der Waals surface area (Å²) >= 11 is 0. The molecule has 3 N–H and O–H groups in total. The molecule has 10 nitrogen and oxygen atoms in total. The van der Waals surface area contributed by atoms with Gasteiger partial charge in [0.05, 0.1) is 38.7 Å². The Balaban J connectivity index is 2.36. The van der Waals surface area contributed by atoms with E-state index in [-0.39, 0.29) is 34.9 Å². The zero-order chi connectivity index (χ0) is 21.7. The molecule has 1 aromatic carbocycles. The number of nitrogens with one attached hydrogen (secondary N) is 1. The number of aliphatic hydroxyl groups is 2. The molecule has 0 aromatic heterocycles. The molecule has 0 radical (unpaired) electrons. The fourth-order valence-electron chi connectivity index (χ4n) is 2.78. The van der Waals surface area contributed by atoms with E-state index in [1.165, 1.54) is 33.5 Å². The Labute approximate surface area is 168 Å². The maximum Gasteiger partial charge on any atom is 0.340 e. The lowest BCUT2D eigenvalue weighted by Gasteiger charge is -2.35. The fraction of sp³-hybridized carbons (Fsp3) is 0.474.